The molecule has 2 heterocycles. The molecule has 3 rings (SSSR count). The number of rotatable bonds is 4. The van der Waals surface area contributed by atoms with Crippen molar-refractivity contribution >= 4 is 16.6 Å². The van der Waals surface area contributed by atoms with Crippen molar-refractivity contribution in [2.24, 2.45) is 0 Å². The van der Waals surface area contributed by atoms with E-state index >= 15 is 0 Å². The van der Waals surface area contributed by atoms with Crippen LogP contribution in [0.25, 0.3) is 10.9 Å². The van der Waals surface area contributed by atoms with Gasteiger partial charge in [0, 0.05) is 38.3 Å². The maximum Gasteiger partial charge on any atom is 0.270 e. The standard InChI is InChI=1S/C14H16N4O4/c19-14-12-9-11(18(20)21)1-2-13(12)15-10-17(14)4-3-16-5-7-22-8-6-16/h1-2,9-10H,3-8H2. The van der Waals surface area contributed by atoms with Crippen molar-refractivity contribution in [3.63, 3.8) is 0 Å². The molecule has 1 saturated heterocycles. The van der Waals surface area contributed by atoms with Gasteiger partial charge in [0.05, 0.1) is 35.4 Å². The molecule has 0 unspecified atom stereocenters. The van der Waals surface area contributed by atoms with Crippen molar-refractivity contribution < 1.29 is 9.66 Å². The molecule has 0 atom stereocenters. The van der Waals surface area contributed by atoms with Crippen molar-refractivity contribution in [1.82, 2.24) is 14.5 Å². The van der Waals surface area contributed by atoms with Gasteiger partial charge in [0.2, 0.25) is 0 Å². The van der Waals surface area contributed by atoms with E-state index in [2.05, 4.69) is 9.88 Å². The summed E-state index contributed by atoms with van der Waals surface area (Å²) >= 11 is 0. The zero-order valence-corrected chi connectivity index (χ0v) is 12.0. The van der Waals surface area contributed by atoms with Crippen LogP contribution in [0.15, 0.2) is 29.3 Å². The van der Waals surface area contributed by atoms with E-state index in [1.54, 1.807) is 0 Å². The number of fused-ring (bicyclic) bond motifs is 1. The molecule has 0 N–H and O–H groups in total. The number of benzene rings is 1. The fraction of sp³-hybridized carbons (Fsp3) is 0.429. The number of aromatic nitrogens is 2. The number of hydrogen-bond acceptors (Lipinski definition) is 6. The molecule has 8 nitrogen and oxygen atoms in total. The lowest BCUT2D eigenvalue weighted by atomic mass is 10.2. The van der Waals surface area contributed by atoms with Gasteiger partial charge in [-0.3, -0.25) is 24.4 Å². The molecule has 0 amide bonds. The van der Waals surface area contributed by atoms with E-state index < -0.39 is 4.92 Å². The van der Waals surface area contributed by atoms with Crippen molar-refractivity contribution in [3.05, 3.63) is 45.0 Å². The van der Waals surface area contributed by atoms with Gasteiger partial charge in [-0.05, 0) is 6.07 Å². The Bertz CT molecular complexity index is 752. The van der Waals surface area contributed by atoms with Gasteiger partial charge in [0.15, 0.2) is 0 Å². The maximum atomic E-state index is 12.4. The van der Waals surface area contributed by atoms with Gasteiger partial charge in [0.25, 0.3) is 11.2 Å². The van der Waals surface area contributed by atoms with Gasteiger partial charge in [-0.15, -0.1) is 0 Å². The van der Waals surface area contributed by atoms with Crippen LogP contribution in [0.4, 0.5) is 5.69 Å². The predicted molar refractivity (Wildman–Crippen MR) is 79.9 cm³/mol. The summed E-state index contributed by atoms with van der Waals surface area (Å²) in [5.74, 6) is 0. The Hall–Kier alpha value is -2.32. The number of nitro groups is 1. The molecule has 1 aliphatic rings. The van der Waals surface area contributed by atoms with Crippen molar-refractivity contribution in [1.29, 1.82) is 0 Å². The van der Waals surface area contributed by atoms with Gasteiger partial charge >= 0.3 is 0 Å². The molecule has 116 valence electrons. The van der Waals surface area contributed by atoms with Crippen molar-refractivity contribution in [2.75, 3.05) is 32.8 Å². The average molecular weight is 304 g/mol. The lowest BCUT2D eigenvalue weighted by Crippen LogP contribution is -2.39. The molecule has 1 aromatic carbocycles. The maximum absolute atomic E-state index is 12.4. The Morgan fingerprint density at radius 1 is 1.27 bits per heavy atom. The first-order chi connectivity index (χ1) is 10.6. The highest BCUT2D eigenvalue weighted by Gasteiger charge is 2.13. The summed E-state index contributed by atoms with van der Waals surface area (Å²) in [6.07, 6.45) is 1.50. The topological polar surface area (TPSA) is 90.5 Å². The minimum atomic E-state index is -0.510. The summed E-state index contributed by atoms with van der Waals surface area (Å²) in [5.41, 5.74) is 0.123. The monoisotopic (exact) mass is 304 g/mol. The molecule has 0 radical (unpaired) electrons. The fourth-order valence-electron chi connectivity index (χ4n) is 2.49. The summed E-state index contributed by atoms with van der Waals surface area (Å²) in [6, 6.07) is 4.14. The number of nitrogens with zero attached hydrogens (tertiary/aromatic N) is 4. The van der Waals surface area contributed by atoms with Gasteiger partial charge < -0.3 is 4.74 Å². The second-order valence-corrected chi connectivity index (χ2v) is 5.16. The lowest BCUT2D eigenvalue weighted by molar-refractivity contribution is -0.384. The molecular weight excluding hydrogens is 288 g/mol. The minimum Gasteiger partial charge on any atom is -0.379 e. The average Bonchev–Trinajstić information content (AvgIpc) is 2.55. The molecule has 0 bridgehead atoms. The molecule has 22 heavy (non-hydrogen) atoms. The summed E-state index contributed by atoms with van der Waals surface area (Å²) in [5, 5.41) is 11.1. The second-order valence-electron chi connectivity index (χ2n) is 5.16. The number of morpholine rings is 1. The van der Waals surface area contributed by atoms with E-state index in [0.29, 0.717) is 25.3 Å². The molecule has 0 saturated carbocycles. The molecule has 1 fully saturated rings. The molecule has 1 aliphatic heterocycles. The van der Waals surface area contributed by atoms with Crippen LogP contribution in [0.3, 0.4) is 0 Å². The Kier molecular flexibility index (Phi) is 4.12. The van der Waals surface area contributed by atoms with Gasteiger partial charge in [-0.2, -0.15) is 0 Å². The van der Waals surface area contributed by atoms with Gasteiger partial charge in [-0.1, -0.05) is 0 Å². The van der Waals surface area contributed by atoms with Gasteiger partial charge in [0.1, 0.15) is 0 Å². The summed E-state index contributed by atoms with van der Waals surface area (Å²) in [6.45, 7) is 4.34. The molecule has 0 spiro atoms. The van der Waals surface area contributed by atoms with E-state index in [1.807, 2.05) is 0 Å². The highest BCUT2D eigenvalue weighted by molar-refractivity contribution is 5.79. The van der Waals surface area contributed by atoms with E-state index in [4.69, 9.17) is 4.74 Å². The second kappa shape index (κ2) is 6.20. The first-order valence-corrected chi connectivity index (χ1v) is 7.09. The third-order valence-electron chi connectivity index (χ3n) is 3.78. The first-order valence-electron chi connectivity index (χ1n) is 7.09. The summed E-state index contributed by atoms with van der Waals surface area (Å²) in [4.78, 5) is 29.2. The highest BCUT2D eigenvalue weighted by Crippen LogP contribution is 2.16. The fourth-order valence-corrected chi connectivity index (χ4v) is 2.49. The number of nitro benzene ring substituents is 1. The minimum absolute atomic E-state index is 0.0997. The van der Waals surface area contributed by atoms with Crippen molar-refractivity contribution in [2.45, 2.75) is 6.54 Å². The zero-order chi connectivity index (χ0) is 15.5. The SMILES string of the molecule is O=c1c2cc([N+](=O)[O-])ccc2ncn1CCN1CCOCC1. The smallest absolute Gasteiger partial charge is 0.270 e. The van der Waals surface area contributed by atoms with Crippen LogP contribution in [0, 0.1) is 10.1 Å². The Morgan fingerprint density at radius 2 is 2.05 bits per heavy atom. The van der Waals surface area contributed by atoms with Crippen LogP contribution in [-0.4, -0.2) is 52.2 Å². The lowest BCUT2D eigenvalue weighted by Gasteiger charge is -2.26. The third-order valence-corrected chi connectivity index (χ3v) is 3.78. The van der Waals surface area contributed by atoms with E-state index in [9.17, 15) is 14.9 Å². The predicted octanol–water partition coefficient (Wildman–Crippen LogP) is 0.637. The summed E-state index contributed by atoms with van der Waals surface area (Å²) < 4.78 is 6.78. The van der Waals surface area contributed by atoms with Crippen LogP contribution in [0.1, 0.15) is 0 Å². The number of non-ortho nitro benzene ring substituents is 1. The molecule has 8 heteroatoms. The largest absolute Gasteiger partial charge is 0.379 e. The van der Waals surface area contributed by atoms with Crippen LogP contribution >= 0.6 is 0 Å². The molecule has 1 aromatic heterocycles. The van der Waals surface area contributed by atoms with E-state index in [0.717, 1.165) is 19.6 Å². The number of hydrogen-bond donors (Lipinski definition) is 0. The van der Waals surface area contributed by atoms with Gasteiger partial charge in [-0.25, -0.2) is 4.98 Å². The molecule has 0 aliphatic carbocycles. The summed E-state index contributed by atoms with van der Waals surface area (Å²) in [7, 11) is 0. The normalized spacial score (nSPS) is 16.0. The zero-order valence-electron chi connectivity index (χ0n) is 12.0. The van der Waals surface area contributed by atoms with E-state index in [1.165, 1.54) is 29.1 Å². The van der Waals surface area contributed by atoms with Crippen LogP contribution in [0.2, 0.25) is 0 Å². The Balaban J connectivity index is 1.85. The van der Waals surface area contributed by atoms with Crippen LogP contribution in [0.5, 0.6) is 0 Å². The first kappa shape index (κ1) is 14.6. The van der Waals surface area contributed by atoms with Crippen LogP contribution in [-0.2, 0) is 11.3 Å². The third kappa shape index (κ3) is 2.97. The molecular formula is C14H16N4O4. The quantitative estimate of drug-likeness (QED) is 0.608. The Morgan fingerprint density at radius 3 is 2.77 bits per heavy atom. The van der Waals surface area contributed by atoms with E-state index in [-0.39, 0.29) is 16.6 Å². The highest BCUT2D eigenvalue weighted by atomic mass is 16.6. The van der Waals surface area contributed by atoms with Crippen molar-refractivity contribution in [3.8, 4) is 0 Å². The number of ether oxygens (including phenoxy) is 1. The molecule has 2 aromatic rings. The van der Waals surface area contributed by atoms with Crippen LogP contribution < -0.4 is 5.56 Å². The Labute approximate surface area is 126 Å².